The van der Waals surface area contributed by atoms with Gasteiger partial charge in [0.05, 0.1) is 5.52 Å². The van der Waals surface area contributed by atoms with Crippen molar-refractivity contribution in [3.8, 4) is 0 Å². The first kappa shape index (κ1) is 15.0. The van der Waals surface area contributed by atoms with Gasteiger partial charge >= 0.3 is 5.91 Å². The first-order valence-electron chi connectivity index (χ1n) is 7.48. The monoisotopic (exact) mass is 306 g/mol. The number of amides is 1. The molecule has 0 aliphatic rings. The third-order valence-corrected chi connectivity index (χ3v) is 4.02. The van der Waals surface area contributed by atoms with Crippen LogP contribution in [0.2, 0.25) is 0 Å². The Balaban J connectivity index is 1.95. The Morgan fingerprint density at radius 1 is 0.913 bits per heavy atom. The minimum Gasteiger partial charge on any atom is -0.283 e. The van der Waals surface area contributed by atoms with Crippen LogP contribution in [-0.4, -0.2) is 16.4 Å². The lowest BCUT2D eigenvalue weighted by atomic mass is 9.99. The summed E-state index contributed by atoms with van der Waals surface area (Å²) in [5.41, 5.74) is 6.53. The molecule has 0 radical (unpaired) electrons. The predicted molar refractivity (Wildman–Crippen MR) is 91.3 cm³/mol. The second-order valence-electron chi connectivity index (χ2n) is 5.72. The molecule has 0 aliphatic heterocycles. The largest absolute Gasteiger partial charge is 0.311 e. The maximum Gasteiger partial charge on any atom is 0.311 e. The van der Waals surface area contributed by atoms with E-state index in [-0.39, 0.29) is 0 Å². The van der Waals surface area contributed by atoms with E-state index in [2.05, 4.69) is 5.43 Å². The van der Waals surface area contributed by atoms with E-state index in [4.69, 9.17) is 0 Å². The number of hydrogen-bond donors (Lipinski definition) is 1. The number of para-hydroxylation sites is 1. The van der Waals surface area contributed by atoms with Crippen LogP contribution in [-0.2, 0) is 4.79 Å². The minimum atomic E-state index is -0.633. The number of nitrogens with zero attached hydrogens (tertiary/aromatic N) is 1. The van der Waals surface area contributed by atoms with E-state index in [0.717, 1.165) is 27.7 Å². The topological polar surface area (TPSA) is 51.1 Å². The molecule has 4 heteroatoms. The van der Waals surface area contributed by atoms with Crippen molar-refractivity contribution in [3.63, 3.8) is 0 Å². The Hall–Kier alpha value is -2.88. The lowest BCUT2D eigenvalue weighted by molar-refractivity contribution is -0.113. The van der Waals surface area contributed by atoms with Crippen LogP contribution in [0.25, 0.3) is 10.9 Å². The molecule has 1 amide bonds. The van der Waals surface area contributed by atoms with Crippen molar-refractivity contribution in [1.29, 1.82) is 0 Å². The molecule has 3 rings (SSSR count). The molecule has 0 saturated heterocycles. The van der Waals surface area contributed by atoms with Crippen LogP contribution < -0.4 is 5.43 Å². The van der Waals surface area contributed by atoms with Crippen LogP contribution in [0.15, 0.2) is 48.5 Å². The zero-order valence-corrected chi connectivity index (χ0v) is 13.4. The summed E-state index contributed by atoms with van der Waals surface area (Å²) in [5, 5.41) is 1.02. The molecule has 4 nitrogen and oxygen atoms in total. The van der Waals surface area contributed by atoms with Gasteiger partial charge in [0, 0.05) is 16.6 Å². The maximum absolute atomic E-state index is 12.5. The Kier molecular flexibility index (Phi) is 3.74. The highest BCUT2D eigenvalue weighted by Gasteiger charge is 2.21. The van der Waals surface area contributed by atoms with E-state index in [0.29, 0.717) is 5.56 Å². The van der Waals surface area contributed by atoms with Crippen LogP contribution in [0.3, 0.4) is 0 Å². The molecule has 1 aromatic heterocycles. The molecule has 0 atom stereocenters. The summed E-state index contributed by atoms with van der Waals surface area (Å²) < 4.78 is 1.66. The van der Waals surface area contributed by atoms with Crippen LogP contribution in [0, 0.1) is 20.8 Å². The quantitative estimate of drug-likeness (QED) is 0.594. The van der Waals surface area contributed by atoms with Crippen molar-refractivity contribution in [2.24, 2.45) is 0 Å². The van der Waals surface area contributed by atoms with E-state index in [1.54, 1.807) is 4.68 Å². The van der Waals surface area contributed by atoms with Gasteiger partial charge in [-0.05, 0) is 44.0 Å². The molecule has 23 heavy (non-hydrogen) atoms. The van der Waals surface area contributed by atoms with Crippen molar-refractivity contribution in [1.82, 2.24) is 4.68 Å². The molecule has 1 N–H and O–H groups in total. The van der Waals surface area contributed by atoms with Gasteiger partial charge in [0.2, 0.25) is 0 Å². The van der Waals surface area contributed by atoms with Crippen molar-refractivity contribution < 1.29 is 9.59 Å². The number of aryl methyl sites for hydroxylation is 3. The summed E-state index contributed by atoms with van der Waals surface area (Å²) in [5.74, 6) is -1.15. The molecule has 0 saturated carbocycles. The molecule has 3 aromatic rings. The van der Waals surface area contributed by atoms with E-state index in [1.807, 2.05) is 69.3 Å². The van der Waals surface area contributed by atoms with Crippen molar-refractivity contribution in [2.75, 3.05) is 5.43 Å². The molecule has 2 aromatic carbocycles. The molecule has 0 unspecified atom stereocenters. The summed E-state index contributed by atoms with van der Waals surface area (Å²) in [6.07, 6.45) is 0. The van der Waals surface area contributed by atoms with Gasteiger partial charge in [0.25, 0.3) is 5.78 Å². The molecule has 0 aliphatic carbocycles. The van der Waals surface area contributed by atoms with Gasteiger partial charge in [-0.15, -0.1) is 0 Å². The second-order valence-corrected chi connectivity index (χ2v) is 5.72. The summed E-state index contributed by atoms with van der Waals surface area (Å²) >= 11 is 0. The highest BCUT2D eigenvalue weighted by atomic mass is 16.2. The summed E-state index contributed by atoms with van der Waals surface area (Å²) in [6.45, 7) is 5.57. The van der Waals surface area contributed by atoms with Crippen molar-refractivity contribution in [2.45, 2.75) is 20.8 Å². The lowest BCUT2D eigenvalue weighted by Gasteiger charge is -2.12. The second kappa shape index (κ2) is 5.72. The van der Waals surface area contributed by atoms with Gasteiger partial charge in [-0.1, -0.05) is 36.4 Å². The minimum absolute atomic E-state index is 0.471. The highest BCUT2D eigenvalue weighted by Crippen LogP contribution is 2.18. The Labute approximate surface area is 134 Å². The fraction of sp³-hybridized carbons (Fsp3) is 0.158. The van der Waals surface area contributed by atoms with Gasteiger partial charge < -0.3 is 0 Å². The summed E-state index contributed by atoms with van der Waals surface area (Å²) in [6, 6.07) is 15.2. The number of carbonyl (C=O) groups is 2. The summed E-state index contributed by atoms with van der Waals surface area (Å²) in [4.78, 5) is 25.0. The number of hydrogen-bond acceptors (Lipinski definition) is 2. The molecule has 0 bridgehead atoms. The van der Waals surface area contributed by atoms with E-state index < -0.39 is 11.7 Å². The highest BCUT2D eigenvalue weighted by molar-refractivity contribution is 6.46. The van der Waals surface area contributed by atoms with Crippen LogP contribution in [0.1, 0.15) is 27.2 Å². The summed E-state index contributed by atoms with van der Waals surface area (Å²) in [7, 11) is 0. The smallest absolute Gasteiger partial charge is 0.283 e. The third kappa shape index (κ3) is 2.63. The molecule has 1 heterocycles. The Bertz CT molecular complexity index is 902. The van der Waals surface area contributed by atoms with Crippen molar-refractivity contribution in [3.05, 3.63) is 70.9 Å². The number of Topliss-reactive ketones (excluding diaryl/α,β-unsaturated/α-hetero) is 1. The van der Waals surface area contributed by atoms with Crippen LogP contribution in [0.5, 0.6) is 0 Å². The zero-order valence-electron chi connectivity index (χ0n) is 13.4. The number of fused-ring (bicyclic) bond motifs is 1. The fourth-order valence-electron chi connectivity index (χ4n) is 2.88. The Morgan fingerprint density at radius 3 is 2.26 bits per heavy atom. The van der Waals surface area contributed by atoms with Crippen molar-refractivity contribution >= 4 is 22.6 Å². The molecular formula is C19H18N2O2. The van der Waals surface area contributed by atoms with E-state index in [1.165, 1.54) is 0 Å². The molecule has 116 valence electrons. The normalized spacial score (nSPS) is 10.7. The number of ketones is 1. The van der Waals surface area contributed by atoms with E-state index in [9.17, 15) is 9.59 Å². The number of carbonyl (C=O) groups excluding carboxylic acids is 2. The fourth-order valence-corrected chi connectivity index (χ4v) is 2.88. The number of aromatic nitrogens is 1. The van der Waals surface area contributed by atoms with Gasteiger partial charge in [0.15, 0.2) is 0 Å². The van der Waals surface area contributed by atoms with Crippen LogP contribution in [0.4, 0.5) is 0 Å². The average Bonchev–Trinajstić information content (AvgIpc) is 2.83. The third-order valence-electron chi connectivity index (χ3n) is 4.02. The first-order valence-corrected chi connectivity index (χ1v) is 7.48. The Morgan fingerprint density at radius 2 is 1.57 bits per heavy atom. The van der Waals surface area contributed by atoms with Gasteiger partial charge in [-0.2, -0.15) is 0 Å². The van der Waals surface area contributed by atoms with Crippen LogP contribution >= 0.6 is 0 Å². The van der Waals surface area contributed by atoms with Gasteiger partial charge in [-0.3, -0.25) is 19.7 Å². The predicted octanol–water partition coefficient (Wildman–Crippen LogP) is 3.52. The van der Waals surface area contributed by atoms with Gasteiger partial charge in [0.1, 0.15) is 0 Å². The molecule has 0 spiro atoms. The standard InChI is InChI=1S/C19H18N2O2/c1-12-7-6-8-13(2)17(12)18(22)19(23)20-21-14(3)11-15-9-4-5-10-16(15)21/h4-11H,1-3H3,(H,20,23). The average molecular weight is 306 g/mol. The van der Waals surface area contributed by atoms with Gasteiger partial charge in [-0.25, -0.2) is 0 Å². The first-order chi connectivity index (χ1) is 11.0. The lowest BCUT2D eigenvalue weighted by Crippen LogP contribution is -2.31. The van der Waals surface area contributed by atoms with E-state index >= 15 is 0 Å². The molecular weight excluding hydrogens is 288 g/mol. The number of nitrogens with one attached hydrogen (secondary N) is 1. The number of rotatable bonds is 3. The zero-order chi connectivity index (χ0) is 16.6. The molecule has 0 fully saturated rings. The SMILES string of the molecule is Cc1cccc(C)c1C(=O)C(=O)Nn1c(C)cc2ccccc21. The number of benzene rings is 2. The maximum atomic E-state index is 12.5.